The topological polar surface area (TPSA) is 46.5 Å². The highest BCUT2D eigenvalue weighted by atomic mass is 16.5. The highest BCUT2D eigenvalue weighted by molar-refractivity contribution is 5.70. The second-order valence-electron chi connectivity index (χ2n) is 4.25. The summed E-state index contributed by atoms with van der Waals surface area (Å²) < 4.78 is 5.09. The average molecular weight is 200 g/mol. The number of aliphatic carboxylic acids is 1. The van der Waals surface area contributed by atoms with E-state index in [1.165, 1.54) is 0 Å². The van der Waals surface area contributed by atoms with Crippen molar-refractivity contribution in [1.82, 2.24) is 0 Å². The molecule has 0 amide bonds. The monoisotopic (exact) mass is 200 g/mol. The first kappa shape index (κ1) is 11.5. The summed E-state index contributed by atoms with van der Waals surface area (Å²) in [6.45, 7) is 2.77. The van der Waals surface area contributed by atoms with Gasteiger partial charge in [-0.15, -0.1) is 0 Å². The summed E-state index contributed by atoms with van der Waals surface area (Å²) in [5.74, 6) is 0.0845. The van der Waals surface area contributed by atoms with Crippen LogP contribution in [0.15, 0.2) is 0 Å². The van der Waals surface area contributed by atoms with Crippen LogP contribution in [0.1, 0.15) is 32.6 Å². The molecule has 0 saturated heterocycles. The van der Waals surface area contributed by atoms with Crippen molar-refractivity contribution in [1.29, 1.82) is 0 Å². The van der Waals surface area contributed by atoms with Gasteiger partial charge in [-0.25, -0.2) is 0 Å². The fourth-order valence-corrected chi connectivity index (χ4v) is 2.46. The van der Waals surface area contributed by atoms with Gasteiger partial charge in [-0.1, -0.05) is 13.3 Å². The maximum Gasteiger partial charge on any atom is 0.306 e. The molecule has 1 aliphatic carbocycles. The minimum Gasteiger partial charge on any atom is -0.481 e. The van der Waals surface area contributed by atoms with Crippen molar-refractivity contribution >= 4 is 5.97 Å². The van der Waals surface area contributed by atoms with E-state index in [1.54, 1.807) is 7.11 Å². The summed E-state index contributed by atoms with van der Waals surface area (Å²) in [6.07, 6.45) is 4.06. The smallest absolute Gasteiger partial charge is 0.306 e. The van der Waals surface area contributed by atoms with Gasteiger partial charge in [-0.3, -0.25) is 4.79 Å². The molecule has 0 aliphatic heterocycles. The first-order valence-electron chi connectivity index (χ1n) is 5.40. The van der Waals surface area contributed by atoms with E-state index < -0.39 is 5.97 Å². The third kappa shape index (κ3) is 2.71. The molecule has 82 valence electrons. The summed E-state index contributed by atoms with van der Waals surface area (Å²) in [4.78, 5) is 11.0. The van der Waals surface area contributed by atoms with E-state index in [-0.39, 0.29) is 11.8 Å². The fraction of sp³-hybridized carbons (Fsp3) is 0.909. The van der Waals surface area contributed by atoms with Gasteiger partial charge in [0.2, 0.25) is 0 Å². The first-order chi connectivity index (χ1) is 6.69. The Balaban J connectivity index is 2.55. The molecule has 0 radical (unpaired) electrons. The third-order valence-electron chi connectivity index (χ3n) is 3.37. The molecule has 3 heteroatoms. The first-order valence-corrected chi connectivity index (χ1v) is 5.40. The highest BCUT2D eigenvalue weighted by Gasteiger charge is 2.34. The predicted molar refractivity (Wildman–Crippen MR) is 54.1 cm³/mol. The van der Waals surface area contributed by atoms with E-state index in [1.807, 2.05) is 0 Å². The number of ether oxygens (including phenoxy) is 1. The van der Waals surface area contributed by atoms with Crippen LogP contribution in [-0.2, 0) is 9.53 Å². The Morgan fingerprint density at radius 2 is 2.21 bits per heavy atom. The largest absolute Gasteiger partial charge is 0.481 e. The van der Waals surface area contributed by atoms with Gasteiger partial charge in [-0.2, -0.15) is 0 Å². The molecular weight excluding hydrogens is 180 g/mol. The molecule has 0 heterocycles. The van der Waals surface area contributed by atoms with Crippen LogP contribution in [0, 0.1) is 17.8 Å². The van der Waals surface area contributed by atoms with Crippen molar-refractivity contribution < 1.29 is 14.6 Å². The summed E-state index contributed by atoms with van der Waals surface area (Å²) in [7, 11) is 1.65. The fourth-order valence-electron chi connectivity index (χ4n) is 2.46. The number of carbonyl (C=O) groups is 1. The molecule has 0 aromatic rings. The van der Waals surface area contributed by atoms with Crippen LogP contribution in [0.3, 0.4) is 0 Å². The summed E-state index contributed by atoms with van der Waals surface area (Å²) in [5.41, 5.74) is 0. The van der Waals surface area contributed by atoms with E-state index in [0.717, 1.165) is 25.7 Å². The van der Waals surface area contributed by atoms with Crippen LogP contribution in [-0.4, -0.2) is 24.8 Å². The van der Waals surface area contributed by atoms with Crippen molar-refractivity contribution in [2.45, 2.75) is 32.6 Å². The van der Waals surface area contributed by atoms with Crippen LogP contribution in [0.25, 0.3) is 0 Å². The van der Waals surface area contributed by atoms with Crippen molar-refractivity contribution in [2.75, 3.05) is 13.7 Å². The molecule has 3 unspecified atom stereocenters. The van der Waals surface area contributed by atoms with E-state index in [9.17, 15) is 4.79 Å². The maximum absolute atomic E-state index is 11.0. The zero-order chi connectivity index (χ0) is 10.6. The van der Waals surface area contributed by atoms with Crippen LogP contribution in [0.2, 0.25) is 0 Å². The van der Waals surface area contributed by atoms with Gasteiger partial charge in [0.1, 0.15) is 0 Å². The molecule has 0 spiro atoms. The SMILES string of the molecule is CCC1CCC(C(=O)O)C(COC)C1. The van der Waals surface area contributed by atoms with E-state index in [4.69, 9.17) is 9.84 Å². The number of hydrogen-bond acceptors (Lipinski definition) is 2. The predicted octanol–water partition coefficient (Wildman–Crippen LogP) is 2.16. The van der Waals surface area contributed by atoms with E-state index in [0.29, 0.717) is 12.5 Å². The minimum absolute atomic E-state index is 0.183. The molecule has 0 aromatic carbocycles. The summed E-state index contributed by atoms with van der Waals surface area (Å²) >= 11 is 0. The zero-order valence-electron chi connectivity index (χ0n) is 9.03. The second-order valence-corrected chi connectivity index (χ2v) is 4.25. The summed E-state index contributed by atoms with van der Waals surface area (Å²) in [5, 5.41) is 9.04. The van der Waals surface area contributed by atoms with Gasteiger partial charge in [0, 0.05) is 13.7 Å². The van der Waals surface area contributed by atoms with Crippen LogP contribution in [0.4, 0.5) is 0 Å². The number of hydrogen-bond donors (Lipinski definition) is 1. The average Bonchev–Trinajstić information content (AvgIpc) is 2.17. The standard InChI is InChI=1S/C11H20O3/c1-3-8-4-5-10(11(12)13)9(6-8)7-14-2/h8-10H,3-7H2,1-2H3,(H,12,13). The van der Waals surface area contributed by atoms with Crippen molar-refractivity contribution in [3.63, 3.8) is 0 Å². The Labute approximate surface area is 85.5 Å². The van der Waals surface area contributed by atoms with Gasteiger partial charge < -0.3 is 9.84 Å². The molecule has 0 aromatic heterocycles. The zero-order valence-corrected chi connectivity index (χ0v) is 9.03. The molecule has 3 atom stereocenters. The molecule has 1 rings (SSSR count). The van der Waals surface area contributed by atoms with E-state index >= 15 is 0 Å². The molecule has 14 heavy (non-hydrogen) atoms. The lowest BCUT2D eigenvalue weighted by Gasteiger charge is -2.33. The van der Waals surface area contributed by atoms with Crippen molar-refractivity contribution in [2.24, 2.45) is 17.8 Å². The molecule has 1 aliphatic rings. The van der Waals surface area contributed by atoms with Gasteiger partial charge in [0.25, 0.3) is 0 Å². The lowest BCUT2D eigenvalue weighted by molar-refractivity contribution is -0.146. The molecular formula is C11H20O3. The molecule has 1 fully saturated rings. The normalized spacial score (nSPS) is 32.9. The van der Waals surface area contributed by atoms with E-state index in [2.05, 4.69) is 6.92 Å². The van der Waals surface area contributed by atoms with Gasteiger partial charge in [0.15, 0.2) is 0 Å². The van der Waals surface area contributed by atoms with Crippen LogP contribution < -0.4 is 0 Å². The Morgan fingerprint density at radius 3 is 2.71 bits per heavy atom. The summed E-state index contributed by atoms with van der Waals surface area (Å²) in [6, 6.07) is 0. The highest BCUT2D eigenvalue weighted by Crippen LogP contribution is 2.35. The minimum atomic E-state index is -0.651. The molecule has 1 N–H and O–H groups in total. The Morgan fingerprint density at radius 1 is 1.50 bits per heavy atom. The quantitative estimate of drug-likeness (QED) is 0.756. The number of carboxylic acids is 1. The number of methoxy groups -OCH3 is 1. The number of rotatable bonds is 4. The molecule has 1 saturated carbocycles. The Hall–Kier alpha value is -0.570. The lowest BCUT2D eigenvalue weighted by Crippen LogP contribution is -2.33. The Bertz CT molecular complexity index is 191. The lowest BCUT2D eigenvalue weighted by atomic mass is 9.73. The van der Waals surface area contributed by atoms with Crippen LogP contribution >= 0.6 is 0 Å². The Kier molecular flexibility index (Phi) is 4.39. The van der Waals surface area contributed by atoms with Crippen LogP contribution in [0.5, 0.6) is 0 Å². The number of carboxylic acid groups (broad SMARTS) is 1. The molecule has 0 bridgehead atoms. The van der Waals surface area contributed by atoms with Crippen molar-refractivity contribution in [3.05, 3.63) is 0 Å². The van der Waals surface area contributed by atoms with Crippen molar-refractivity contribution in [3.8, 4) is 0 Å². The second kappa shape index (κ2) is 5.35. The molecule has 3 nitrogen and oxygen atoms in total. The van der Waals surface area contributed by atoms with Gasteiger partial charge >= 0.3 is 5.97 Å². The maximum atomic E-state index is 11.0. The van der Waals surface area contributed by atoms with Gasteiger partial charge in [0.05, 0.1) is 5.92 Å². The van der Waals surface area contributed by atoms with Gasteiger partial charge in [-0.05, 0) is 31.1 Å². The third-order valence-corrected chi connectivity index (χ3v) is 3.37.